The molecule has 0 aliphatic carbocycles. The van der Waals surface area contributed by atoms with Crippen molar-refractivity contribution in [3.63, 3.8) is 0 Å². The van der Waals surface area contributed by atoms with Gasteiger partial charge in [-0.25, -0.2) is 9.48 Å². The lowest BCUT2D eigenvalue weighted by molar-refractivity contribution is 0.0689. The van der Waals surface area contributed by atoms with E-state index in [0.717, 1.165) is 0 Å². The van der Waals surface area contributed by atoms with E-state index >= 15 is 0 Å². The predicted molar refractivity (Wildman–Crippen MR) is 56.6 cm³/mol. The van der Waals surface area contributed by atoms with Crippen LogP contribution < -0.4 is 0 Å². The van der Waals surface area contributed by atoms with E-state index in [1.165, 1.54) is 4.68 Å². The number of aromatic nitrogens is 3. The molecule has 0 radical (unpaired) electrons. The summed E-state index contributed by atoms with van der Waals surface area (Å²) in [5.74, 6) is -1.27. The topological polar surface area (TPSA) is 68.0 Å². The van der Waals surface area contributed by atoms with Crippen LogP contribution in [-0.4, -0.2) is 26.1 Å². The molecular formula is C7H8Cl3N3O2. The van der Waals surface area contributed by atoms with Gasteiger partial charge in [0.1, 0.15) is 5.69 Å². The summed E-state index contributed by atoms with van der Waals surface area (Å²) in [5, 5.41) is 15.9. The summed E-state index contributed by atoms with van der Waals surface area (Å²) < 4.78 is -0.585. The van der Waals surface area contributed by atoms with E-state index in [9.17, 15) is 4.79 Å². The summed E-state index contributed by atoms with van der Waals surface area (Å²) in [5.41, 5.74) is -0.376. The Hall–Kier alpha value is -0.520. The molecule has 0 fully saturated rings. The number of nitrogens with zero attached hydrogens (tertiary/aromatic N) is 3. The Balaban J connectivity index is 3.40. The zero-order valence-corrected chi connectivity index (χ0v) is 10.2. The van der Waals surface area contributed by atoms with E-state index in [1.54, 1.807) is 13.8 Å². The largest absolute Gasteiger partial charge is 0.476 e. The molecule has 5 nitrogen and oxygen atoms in total. The molecule has 1 aromatic heterocycles. The molecule has 0 saturated carbocycles. The van der Waals surface area contributed by atoms with Gasteiger partial charge in [0.2, 0.25) is 3.79 Å². The summed E-state index contributed by atoms with van der Waals surface area (Å²) in [6.07, 6.45) is 0. The molecule has 0 aliphatic heterocycles. The van der Waals surface area contributed by atoms with Crippen molar-refractivity contribution >= 4 is 40.8 Å². The van der Waals surface area contributed by atoms with Gasteiger partial charge in [-0.15, -0.1) is 5.10 Å². The lowest BCUT2D eigenvalue weighted by Gasteiger charge is -2.15. The molecule has 0 saturated heterocycles. The molecule has 1 N–H and O–H groups in total. The minimum Gasteiger partial charge on any atom is -0.476 e. The molecule has 0 aromatic carbocycles. The van der Waals surface area contributed by atoms with E-state index in [1.807, 2.05) is 0 Å². The first-order chi connectivity index (χ1) is 6.75. The first kappa shape index (κ1) is 12.5. The molecule has 15 heavy (non-hydrogen) atoms. The van der Waals surface area contributed by atoms with Crippen molar-refractivity contribution in [2.24, 2.45) is 0 Å². The summed E-state index contributed by atoms with van der Waals surface area (Å²) in [7, 11) is 0. The van der Waals surface area contributed by atoms with E-state index in [-0.39, 0.29) is 17.4 Å². The molecule has 0 atom stereocenters. The van der Waals surface area contributed by atoms with Crippen LogP contribution in [0, 0.1) is 0 Å². The van der Waals surface area contributed by atoms with Crippen LogP contribution in [0.15, 0.2) is 0 Å². The fraction of sp³-hybridized carbons (Fsp3) is 0.571. The Morgan fingerprint density at radius 3 is 2.33 bits per heavy atom. The van der Waals surface area contributed by atoms with Crippen molar-refractivity contribution in [3.8, 4) is 0 Å². The molecular weight excluding hydrogens is 264 g/mol. The van der Waals surface area contributed by atoms with Gasteiger partial charge in [0.15, 0.2) is 5.69 Å². The number of halogens is 3. The van der Waals surface area contributed by atoms with Gasteiger partial charge in [-0.1, -0.05) is 40.0 Å². The maximum absolute atomic E-state index is 10.8. The number of carboxylic acids is 1. The minimum atomic E-state index is -1.86. The van der Waals surface area contributed by atoms with Crippen molar-refractivity contribution in [2.45, 2.75) is 23.7 Å². The SMILES string of the molecule is CC(C)n1nnc(C(=O)O)c1C(Cl)(Cl)Cl. The Morgan fingerprint density at radius 2 is 2.00 bits per heavy atom. The van der Waals surface area contributed by atoms with Crippen molar-refractivity contribution in [1.82, 2.24) is 15.0 Å². The molecule has 0 aliphatic rings. The Bertz CT molecular complexity index is 383. The number of aromatic carboxylic acids is 1. The molecule has 0 bridgehead atoms. The first-order valence-electron chi connectivity index (χ1n) is 4.00. The molecule has 1 rings (SSSR count). The molecule has 0 unspecified atom stereocenters. The average molecular weight is 273 g/mol. The van der Waals surface area contributed by atoms with Gasteiger partial charge >= 0.3 is 5.97 Å². The van der Waals surface area contributed by atoms with Crippen LogP contribution in [0.4, 0.5) is 0 Å². The van der Waals surface area contributed by atoms with Crippen LogP contribution in [-0.2, 0) is 3.79 Å². The van der Waals surface area contributed by atoms with Gasteiger partial charge < -0.3 is 5.11 Å². The molecule has 84 valence electrons. The summed E-state index contributed by atoms with van der Waals surface area (Å²) in [4.78, 5) is 10.8. The third kappa shape index (κ3) is 2.53. The number of carboxylic acid groups (broad SMARTS) is 1. The molecule has 0 spiro atoms. The van der Waals surface area contributed by atoms with E-state index in [0.29, 0.717) is 0 Å². The number of rotatable bonds is 2. The molecule has 1 heterocycles. The minimum absolute atomic E-state index is 0.0324. The van der Waals surface area contributed by atoms with Gasteiger partial charge in [0, 0.05) is 6.04 Å². The second-order valence-corrected chi connectivity index (χ2v) is 5.41. The smallest absolute Gasteiger partial charge is 0.358 e. The van der Waals surface area contributed by atoms with Crippen molar-refractivity contribution in [3.05, 3.63) is 11.4 Å². The van der Waals surface area contributed by atoms with E-state index in [2.05, 4.69) is 10.3 Å². The molecule has 0 amide bonds. The predicted octanol–water partition coefficient (Wildman–Crippen LogP) is 2.38. The zero-order chi connectivity index (χ0) is 11.8. The van der Waals surface area contributed by atoms with Crippen LogP contribution in [0.25, 0.3) is 0 Å². The normalized spacial score (nSPS) is 12.1. The monoisotopic (exact) mass is 271 g/mol. The molecule has 8 heteroatoms. The highest BCUT2D eigenvalue weighted by Gasteiger charge is 2.35. The maximum Gasteiger partial charge on any atom is 0.358 e. The van der Waals surface area contributed by atoms with Crippen molar-refractivity contribution in [1.29, 1.82) is 0 Å². The Kier molecular flexibility index (Phi) is 3.48. The summed E-state index contributed by atoms with van der Waals surface area (Å²) >= 11 is 17.0. The summed E-state index contributed by atoms with van der Waals surface area (Å²) in [6.45, 7) is 3.56. The second-order valence-electron chi connectivity index (χ2n) is 3.13. The Labute approximate surface area is 101 Å². The van der Waals surface area contributed by atoms with Gasteiger partial charge in [-0.3, -0.25) is 0 Å². The highest BCUT2D eigenvalue weighted by molar-refractivity contribution is 6.66. The van der Waals surface area contributed by atoms with Crippen LogP contribution in [0.2, 0.25) is 0 Å². The van der Waals surface area contributed by atoms with Crippen LogP contribution in [0.1, 0.15) is 36.1 Å². The number of carbonyl (C=O) groups is 1. The van der Waals surface area contributed by atoms with Crippen molar-refractivity contribution in [2.75, 3.05) is 0 Å². The molecule has 1 aromatic rings. The van der Waals surface area contributed by atoms with E-state index < -0.39 is 9.76 Å². The highest BCUT2D eigenvalue weighted by Crippen LogP contribution is 2.40. The second kappa shape index (κ2) is 4.15. The standard InChI is InChI=1S/C7H8Cl3N3O2/c1-3(2)13-5(7(8,9)10)4(6(14)15)11-12-13/h3H,1-2H3,(H,14,15). The average Bonchev–Trinajstić information content (AvgIpc) is 2.45. The lowest BCUT2D eigenvalue weighted by Crippen LogP contribution is -2.17. The number of hydrogen-bond donors (Lipinski definition) is 1. The van der Waals surface area contributed by atoms with Gasteiger partial charge in [0.25, 0.3) is 0 Å². The maximum atomic E-state index is 10.8. The van der Waals surface area contributed by atoms with Crippen LogP contribution in [0.3, 0.4) is 0 Å². The zero-order valence-electron chi connectivity index (χ0n) is 7.91. The summed E-state index contributed by atoms with van der Waals surface area (Å²) in [6, 6.07) is -0.142. The Morgan fingerprint density at radius 1 is 1.47 bits per heavy atom. The lowest BCUT2D eigenvalue weighted by atomic mass is 10.3. The van der Waals surface area contributed by atoms with Gasteiger partial charge in [0.05, 0.1) is 0 Å². The number of alkyl halides is 3. The third-order valence-corrected chi connectivity index (χ3v) is 2.19. The van der Waals surface area contributed by atoms with Gasteiger partial charge in [-0.05, 0) is 13.8 Å². The fourth-order valence-electron chi connectivity index (χ4n) is 1.06. The quantitative estimate of drug-likeness (QED) is 0.839. The fourth-order valence-corrected chi connectivity index (χ4v) is 1.59. The van der Waals surface area contributed by atoms with Crippen molar-refractivity contribution < 1.29 is 9.90 Å². The van der Waals surface area contributed by atoms with Crippen LogP contribution in [0.5, 0.6) is 0 Å². The van der Waals surface area contributed by atoms with Gasteiger partial charge in [-0.2, -0.15) is 0 Å². The third-order valence-electron chi connectivity index (χ3n) is 1.65. The van der Waals surface area contributed by atoms with Crippen LogP contribution >= 0.6 is 34.8 Å². The van der Waals surface area contributed by atoms with E-state index in [4.69, 9.17) is 39.9 Å². The number of hydrogen-bond acceptors (Lipinski definition) is 3. The highest BCUT2D eigenvalue weighted by atomic mass is 35.6. The first-order valence-corrected chi connectivity index (χ1v) is 5.14.